The summed E-state index contributed by atoms with van der Waals surface area (Å²) in [5.41, 5.74) is 2.11. The van der Waals surface area contributed by atoms with Crippen molar-refractivity contribution in [1.82, 2.24) is 9.80 Å². The van der Waals surface area contributed by atoms with Crippen LogP contribution >= 0.6 is 0 Å². The molecule has 1 aromatic heterocycles. The third kappa shape index (κ3) is 4.01. The van der Waals surface area contributed by atoms with Crippen molar-refractivity contribution in [2.45, 2.75) is 25.7 Å². The summed E-state index contributed by atoms with van der Waals surface area (Å²) in [5, 5.41) is 0. The molecule has 0 radical (unpaired) electrons. The van der Waals surface area contributed by atoms with Gasteiger partial charge in [0.2, 0.25) is 0 Å². The minimum absolute atomic E-state index is 0.126. The normalized spacial score (nSPS) is 22.0. The second-order valence-electron chi connectivity index (χ2n) is 7.73. The predicted molar refractivity (Wildman–Crippen MR) is 102 cm³/mol. The standard InChI is InChI=1S/C22H28N2O2/c25-22(21-10-15-26-17-21)24-14-9-20(16-24)19-7-12-23(13-8-19)11-6-18-4-2-1-3-5-18/h1-5,10,15,17,19-20H,6-9,11-14,16H2/t20-/m1/s1. The molecule has 1 amide bonds. The summed E-state index contributed by atoms with van der Waals surface area (Å²) < 4.78 is 5.05. The molecule has 2 saturated heterocycles. The third-order valence-corrected chi connectivity index (χ3v) is 6.14. The van der Waals surface area contributed by atoms with Crippen LogP contribution in [0.2, 0.25) is 0 Å². The first-order chi connectivity index (χ1) is 12.8. The van der Waals surface area contributed by atoms with Crippen LogP contribution in [0.5, 0.6) is 0 Å². The van der Waals surface area contributed by atoms with Crippen LogP contribution in [0.3, 0.4) is 0 Å². The Morgan fingerprint density at radius 1 is 1.00 bits per heavy atom. The third-order valence-electron chi connectivity index (χ3n) is 6.14. The van der Waals surface area contributed by atoms with Gasteiger partial charge in [-0.2, -0.15) is 0 Å². The number of carbonyl (C=O) groups excluding carboxylic acids is 1. The zero-order chi connectivity index (χ0) is 17.8. The Kier molecular flexibility index (Phi) is 5.40. The van der Waals surface area contributed by atoms with Crippen LogP contribution in [0.4, 0.5) is 0 Å². The second kappa shape index (κ2) is 8.09. The van der Waals surface area contributed by atoms with E-state index in [-0.39, 0.29) is 5.91 Å². The lowest BCUT2D eigenvalue weighted by Gasteiger charge is -2.34. The molecule has 138 valence electrons. The lowest BCUT2D eigenvalue weighted by molar-refractivity contribution is 0.0773. The van der Waals surface area contributed by atoms with E-state index >= 15 is 0 Å². The number of amides is 1. The summed E-state index contributed by atoms with van der Waals surface area (Å²) in [6.45, 7) is 5.36. The molecule has 26 heavy (non-hydrogen) atoms. The molecule has 4 rings (SSSR count). The number of likely N-dealkylation sites (tertiary alicyclic amines) is 2. The van der Waals surface area contributed by atoms with Gasteiger partial charge in [-0.1, -0.05) is 30.3 Å². The van der Waals surface area contributed by atoms with Gasteiger partial charge in [0.1, 0.15) is 6.26 Å². The van der Waals surface area contributed by atoms with Crippen molar-refractivity contribution >= 4 is 5.91 Å². The van der Waals surface area contributed by atoms with Crippen molar-refractivity contribution in [1.29, 1.82) is 0 Å². The molecule has 0 bridgehead atoms. The molecule has 1 atom stereocenters. The van der Waals surface area contributed by atoms with Gasteiger partial charge in [0.25, 0.3) is 5.91 Å². The highest BCUT2D eigenvalue weighted by Crippen LogP contribution is 2.32. The summed E-state index contributed by atoms with van der Waals surface area (Å²) in [6, 6.07) is 12.5. The largest absolute Gasteiger partial charge is 0.472 e. The number of nitrogens with zero attached hydrogens (tertiary/aromatic N) is 2. The van der Waals surface area contributed by atoms with Gasteiger partial charge in [0.15, 0.2) is 0 Å². The SMILES string of the molecule is O=C(c1ccoc1)N1CC[C@@H](C2CCN(CCc3ccccc3)CC2)C1. The molecular weight excluding hydrogens is 324 g/mol. The van der Waals surface area contributed by atoms with E-state index in [4.69, 9.17) is 4.42 Å². The number of benzene rings is 1. The van der Waals surface area contributed by atoms with Gasteiger partial charge >= 0.3 is 0 Å². The van der Waals surface area contributed by atoms with E-state index in [9.17, 15) is 4.79 Å². The number of hydrogen-bond donors (Lipinski definition) is 0. The zero-order valence-electron chi connectivity index (χ0n) is 15.3. The Morgan fingerprint density at radius 3 is 2.50 bits per heavy atom. The minimum Gasteiger partial charge on any atom is -0.472 e. The molecule has 4 heteroatoms. The Balaban J connectivity index is 1.22. The molecule has 0 N–H and O–H groups in total. The van der Waals surface area contributed by atoms with Crippen LogP contribution in [0.15, 0.2) is 53.3 Å². The van der Waals surface area contributed by atoms with E-state index < -0.39 is 0 Å². The lowest BCUT2D eigenvalue weighted by Crippen LogP contribution is -2.38. The van der Waals surface area contributed by atoms with Crippen molar-refractivity contribution in [2.24, 2.45) is 11.8 Å². The summed E-state index contributed by atoms with van der Waals surface area (Å²) >= 11 is 0. The first-order valence-electron chi connectivity index (χ1n) is 9.87. The van der Waals surface area contributed by atoms with E-state index in [1.54, 1.807) is 18.6 Å². The highest BCUT2D eigenvalue weighted by molar-refractivity contribution is 5.93. The Labute approximate surface area is 155 Å². The maximum atomic E-state index is 12.5. The highest BCUT2D eigenvalue weighted by atomic mass is 16.3. The van der Waals surface area contributed by atoms with Gasteiger partial charge in [-0.05, 0) is 62.2 Å². The Hall–Kier alpha value is -2.07. The lowest BCUT2D eigenvalue weighted by atomic mass is 9.83. The fourth-order valence-corrected chi connectivity index (χ4v) is 4.51. The topological polar surface area (TPSA) is 36.7 Å². The van der Waals surface area contributed by atoms with Crippen molar-refractivity contribution in [3.8, 4) is 0 Å². The van der Waals surface area contributed by atoms with Crippen molar-refractivity contribution in [3.63, 3.8) is 0 Å². The molecule has 0 unspecified atom stereocenters. The quantitative estimate of drug-likeness (QED) is 0.823. The van der Waals surface area contributed by atoms with Crippen LogP contribution < -0.4 is 0 Å². The molecule has 1 aromatic carbocycles. The molecule has 2 aromatic rings. The molecule has 0 spiro atoms. The molecule has 3 heterocycles. The Morgan fingerprint density at radius 2 is 1.77 bits per heavy atom. The van der Waals surface area contributed by atoms with E-state index in [1.165, 1.54) is 31.5 Å². The number of rotatable bonds is 5. The number of furan rings is 1. The van der Waals surface area contributed by atoms with Crippen LogP contribution in [0.1, 0.15) is 35.2 Å². The predicted octanol–water partition coefficient (Wildman–Crippen LogP) is 3.70. The van der Waals surface area contributed by atoms with Crippen molar-refractivity contribution in [3.05, 3.63) is 60.1 Å². The summed E-state index contributed by atoms with van der Waals surface area (Å²) in [7, 11) is 0. The van der Waals surface area contributed by atoms with Gasteiger partial charge in [-0.15, -0.1) is 0 Å². The van der Waals surface area contributed by atoms with Gasteiger partial charge in [0, 0.05) is 19.6 Å². The van der Waals surface area contributed by atoms with E-state index in [0.29, 0.717) is 11.5 Å². The number of piperidine rings is 1. The van der Waals surface area contributed by atoms with Gasteiger partial charge < -0.3 is 14.2 Å². The molecule has 4 nitrogen and oxygen atoms in total. The minimum atomic E-state index is 0.126. The molecular formula is C22H28N2O2. The van der Waals surface area contributed by atoms with Gasteiger partial charge in [-0.25, -0.2) is 0 Å². The maximum absolute atomic E-state index is 12.5. The second-order valence-corrected chi connectivity index (χ2v) is 7.73. The molecule has 2 aliphatic heterocycles. The van der Waals surface area contributed by atoms with E-state index in [1.807, 2.05) is 4.90 Å². The zero-order valence-corrected chi connectivity index (χ0v) is 15.3. The maximum Gasteiger partial charge on any atom is 0.257 e. The molecule has 0 saturated carbocycles. The summed E-state index contributed by atoms with van der Waals surface area (Å²) in [6.07, 6.45) is 7.97. The average Bonchev–Trinajstić information content (AvgIpc) is 3.39. The highest BCUT2D eigenvalue weighted by Gasteiger charge is 2.34. The number of hydrogen-bond acceptors (Lipinski definition) is 3. The molecule has 2 fully saturated rings. The first kappa shape index (κ1) is 17.3. The van der Waals surface area contributed by atoms with Gasteiger partial charge in [-0.3, -0.25) is 4.79 Å². The van der Waals surface area contributed by atoms with Gasteiger partial charge in [0.05, 0.1) is 11.8 Å². The monoisotopic (exact) mass is 352 g/mol. The average molecular weight is 352 g/mol. The summed E-state index contributed by atoms with van der Waals surface area (Å²) in [4.78, 5) is 17.1. The smallest absolute Gasteiger partial charge is 0.257 e. The van der Waals surface area contributed by atoms with Crippen molar-refractivity contribution in [2.75, 3.05) is 32.7 Å². The molecule has 0 aliphatic carbocycles. The fourth-order valence-electron chi connectivity index (χ4n) is 4.51. The van der Waals surface area contributed by atoms with Crippen LogP contribution in [-0.4, -0.2) is 48.4 Å². The van der Waals surface area contributed by atoms with Crippen LogP contribution in [0, 0.1) is 11.8 Å². The Bertz CT molecular complexity index is 690. The van der Waals surface area contributed by atoms with Crippen molar-refractivity contribution < 1.29 is 9.21 Å². The number of carbonyl (C=O) groups is 1. The summed E-state index contributed by atoms with van der Waals surface area (Å²) in [5.74, 6) is 1.56. The molecule has 2 aliphatic rings. The fraction of sp³-hybridized carbons (Fsp3) is 0.500. The van der Waals surface area contributed by atoms with Crippen LogP contribution in [-0.2, 0) is 6.42 Å². The van der Waals surface area contributed by atoms with E-state index in [2.05, 4.69) is 35.2 Å². The first-order valence-corrected chi connectivity index (χ1v) is 9.87. The van der Waals surface area contributed by atoms with Crippen LogP contribution in [0.25, 0.3) is 0 Å². The van der Waals surface area contributed by atoms with E-state index in [0.717, 1.165) is 38.4 Å².